The van der Waals surface area contributed by atoms with Gasteiger partial charge in [0.05, 0.1) is 22.7 Å². The zero-order chi connectivity index (χ0) is 47.1. The van der Waals surface area contributed by atoms with E-state index in [4.69, 9.17) is 0 Å². The SMILES string of the molecule is CC1(C)c2cc(-c3ccc(-c4ccc(-c5ccccc5)s4)s3)ccc2N(c2ccccc2)c2cc3c(cc21)N(c1ccccc1)c1ccc(-c2ccc(-c4ccc(-c5ccccc5)s4)s2)cc1C3(C)C. The first kappa shape index (κ1) is 43.0. The van der Waals surface area contributed by atoms with Crippen molar-refractivity contribution >= 4 is 79.5 Å². The first-order valence-electron chi connectivity index (χ1n) is 23.9. The number of hydrogen-bond acceptors (Lipinski definition) is 6. The van der Waals surface area contributed by atoms with E-state index in [1.165, 1.54) is 106 Å². The summed E-state index contributed by atoms with van der Waals surface area (Å²) >= 11 is 7.49. The summed E-state index contributed by atoms with van der Waals surface area (Å²) in [7, 11) is 0. The van der Waals surface area contributed by atoms with Crippen LogP contribution in [0.25, 0.3) is 61.3 Å². The number of rotatable bonds is 8. The highest BCUT2D eigenvalue weighted by molar-refractivity contribution is 7.25. The van der Waals surface area contributed by atoms with Gasteiger partial charge < -0.3 is 9.80 Å². The van der Waals surface area contributed by atoms with Crippen molar-refractivity contribution in [1.82, 2.24) is 0 Å². The molecule has 4 aromatic heterocycles. The van der Waals surface area contributed by atoms with Crippen LogP contribution in [-0.4, -0.2) is 0 Å². The minimum atomic E-state index is -0.322. The molecule has 13 rings (SSSR count). The molecule has 2 nitrogen and oxygen atoms in total. The lowest BCUT2D eigenvalue weighted by molar-refractivity contribution is 0.615. The highest BCUT2D eigenvalue weighted by Crippen LogP contribution is 2.60. The molecule has 2 aliphatic rings. The summed E-state index contributed by atoms with van der Waals surface area (Å²) in [6.45, 7) is 9.70. The van der Waals surface area contributed by atoms with Gasteiger partial charge in [-0.3, -0.25) is 0 Å². The number of thiophene rings is 4. The van der Waals surface area contributed by atoms with E-state index < -0.39 is 0 Å². The van der Waals surface area contributed by atoms with Crippen molar-refractivity contribution in [3.8, 4) is 61.3 Å². The van der Waals surface area contributed by atoms with Gasteiger partial charge in [-0.2, -0.15) is 0 Å². The summed E-state index contributed by atoms with van der Waals surface area (Å²) in [5, 5.41) is 0. The number of benzene rings is 7. The van der Waals surface area contributed by atoms with Crippen LogP contribution in [0.4, 0.5) is 34.1 Å². The molecule has 0 N–H and O–H groups in total. The predicted octanol–water partition coefficient (Wildman–Crippen LogP) is 20.2. The van der Waals surface area contributed by atoms with E-state index in [-0.39, 0.29) is 10.8 Å². The van der Waals surface area contributed by atoms with Crippen LogP contribution in [0.2, 0.25) is 0 Å². The summed E-state index contributed by atoms with van der Waals surface area (Å²) in [6, 6.07) is 81.0. The number of fused-ring (bicyclic) bond motifs is 4. The van der Waals surface area contributed by atoms with E-state index in [0.717, 1.165) is 11.4 Å². The molecule has 0 saturated heterocycles. The van der Waals surface area contributed by atoms with Crippen LogP contribution in [0.15, 0.2) is 218 Å². The molecule has 0 unspecified atom stereocenters. The van der Waals surface area contributed by atoms with Gasteiger partial charge in [-0.1, -0.05) is 137 Å². The lowest BCUT2D eigenvalue weighted by atomic mass is 9.68. The lowest BCUT2D eigenvalue weighted by Gasteiger charge is -2.47. The third-order valence-electron chi connectivity index (χ3n) is 14.4. The Bertz CT molecular complexity index is 3480. The Morgan fingerprint density at radius 3 is 0.886 bits per heavy atom. The van der Waals surface area contributed by atoms with E-state index in [0.29, 0.717) is 0 Å². The highest BCUT2D eigenvalue weighted by Gasteiger charge is 2.43. The lowest BCUT2D eigenvalue weighted by Crippen LogP contribution is -2.35. The Balaban J connectivity index is 0.916. The summed E-state index contributed by atoms with van der Waals surface area (Å²) in [5.74, 6) is 0. The monoisotopic (exact) mass is 972 g/mol. The van der Waals surface area contributed by atoms with Crippen molar-refractivity contribution in [3.05, 3.63) is 241 Å². The minimum Gasteiger partial charge on any atom is -0.310 e. The Morgan fingerprint density at radius 2 is 0.543 bits per heavy atom. The average molecular weight is 973 g/mol. The molecule has 0 atom stereocenters. The van der Waals surface area contributed by atoms with Gasteiger partial charge in [-0.05, 0) is 154 Å². The highest BCUT2D eigenvalue weighted by atomic mass is 32.1. The van der Waals surface area contributed by atoms with Gasteiger partial charge in [-0.25, -0.2) is 0 Å². The van der Waals surface area contributed by atoms with Crippen LogP contribution in [0, 0.1) is 0 Å². The maximum absolute atomic E-state index is 2.53. The predicted molar refractivity (Wildman–Crippen MR) is 304 cm³/mol. The Morgan fingerprint density at radius 1 is 0.257 bits per heavy atom. The van der Waals surface area contributed by atoms with Gasteiger partial charge in [0, 0.05) is 61.2 Å². The summed E-state index contributed by atoms with van der Waals surface area (Å²) in [5.41, 5.74) is 16.9. The van der Waals surface area contributed by atoms with Crippen LogP contribution < -0.4 is 9.80 Å². The van der Waals surface area contributed by atoms with Crippen molar-refractivity contribution in [2.75, 3.05) is 9.80 Å². The van der Waals surface area contributed by atoms with Crippen LogP contribution in [0.1, 0.15) is 49.9 Å². The number of hydrogen-bond donors (Lipinski definition) is 0. The quantitative estimate of drug-likeness (QED) is 0.150. The average Bonchev–Trinajstić information content (AvgIpc) is 4.26. The van der Waals surface area contributed by atoms with Gasteiger partial charge in [0.1, 0.15) is 0 Å². The fraction of sp³-hybridized carbons (Fsp3) is 0.0938. The third kappa shape index (κ3) is 7.15. The molecule has 0 aliphatic carbocycles. The fourth-order valence-electron chi connectivity index (χ4n) is 10.7. The number of para-hydroxylation sites is 2. The van der Waals surface area contributed by atoms with Crippen LogP contribution >= 0.6 is 45.3 Å². The molecular weight excluding hydrogens is 925 g/mol. The van der Waals surface area contributed by atoms with Crippen molar-refractivity contribution in [2.24, 2.45) is 0 Å². The molecule has 70 heavy (non-hydrogen) atoms. The molecule has 6 heterocycles. The maximum Gasteiger partial charge on any atom is 0.0507 e. The van der Waals surface area contributed by atoms with Crippen LogP contribution in [-0.2, 0) is 10.8 Å². The first-order chi connectivity index (χ1) is 34.2. The number of nitrogens with zero attached hydrogens (tertiary/aromatic N) is 2. The second kappa shape index (κ2) is 16.8. The second-order valence-electron chi connectivity index (χ2n) is 19.3. The Hall–Kier alpha value is -7.06. The molecule has 6 heteroatoms. The molecular formula is C64H48N2S4. The zero-order valence-corrected chi connectivity index (χ0v) is 42.6. The third-order valence-corrected chi connectivity index (χ3v) is 19.3. The fourth-order valence-corrected chi connectivity index (χ4v) is 14.9. The molecule has 0 radical (unpaired) electrons. The van der Waals surface area contributed by atoms with E-state index in [1.54, 1.807) is 0 Å². The molecule has 2 aliphatic heterocycles. The topological polar surface area (TPSA) is 6.48 Å². The zero-order valence-electron chi connectivity index (χ0n) is 39.3. The normalized spacial score (nSPS) is 14.2. The largest absolute Gasteiger partial charge is 0.310 e. The van der Waals surface area contributed by atoms with E-state index in [2.05, 4.69) is 256 Å². The standard InChI is InChI=1S/C64H48N2S4/c1-63(2)47-37-43(57-31-35-61(69-57)59-33-29-55(67-59)41-17-9-5-10-18-41)25-27-51(47)65(45-21-13-7-14-22-45)53-40-50-54(39-49(53)63)66(46-23-15-8-16-24-46)52-28-26-44(38-48(52)64(50,3)4)58-32-36-62(70-58)60-34-30-56(68-60)42-19-11-6-12-20-42/h5-40H,1-4H3. The second-order valence-corrected chi connectivity index (χ2v) is 23.7. The van der Waals surface area contributed by atoms with Crippen molar-refractivity contribution in [1.29, 1.82) is 0 Å². The Labute approximate surface area is 426 Å². The van der Waals surface area contributed by atoms with Crippen molar-refractivity contribution < 1.29 is 0 Å². The van der Waals surface area contributed by atoms with Gasteiger partial charge in [0.15, 0.2) is 0 Å². The van der Waals surface area contributed by atoms with E-state index >= 15 is 0 Å². The molecule has 7 aromatic carbocycles. The van der Waals surface area contributed by atoms with Gasteiger partial charge >= 0.3 is 0 Å². The van der Waals surface area contributed by atoms with Crippen LogP contribution in [0.5, 0.6) is 0 Å². The van der Waals surface area contributed by atoms with Crippen LogP contribution in [0.3, 0.4) is 0 Å². The van der Waals surface area contributed by atoms with Gasteiger partial charge in [0.2, 0.25) is 0 Å². The summed E-state index contributed by atoms with van der Waals surface area (Å²) in [4.78, 5) is 15.4. The van der Waals surface area contributed by atoms with E-state index in [9.17, 15) is 0 Å². The number of anilines is 6. The minimum absolute atomic E-state index is 0.322. The molecule has 338 valence electrons. The first-order valence-corrected chi connectivity index (χ1v) is 27.2. The summed E-state index contributed by atoms with van der Waals surface area (Å²) < 4.78 is 0. The molecule has 0 fully saturated rings. The molecule has 11 aromatic rings. The van der Waals surface area contributed by atoms with Crippen molar-refractivity contribution in [2.45, 2.75) is 38.5 Å². The molecule has 0 amide bonds. The summed E-state index contributed by atoms with van der Waals surface area (Å²) in [6.07, 6.45) is 0. The van der Waals surface area contributed by atoms with Gasteiger partial charge in [0.25, 0.3) is 0 Å². The molecule has 0 spiro atoms. The maximum atomic E-state index is 2.53. The van der Waals surface area contributed by atoms with E-state index in [1.807, 2.05) is 45.3 Å². The Kier molecular flexibility index (Phi) is 10.3. The van der Waals surface area contributed by atoms with Crippen molar-refractivity contribution in [3.63, 3.8) is 0 Å². The van der Waals surface area contributed by atoms with Gasteiger partial charge in [-0.15, -0.1) is 45.3 Å². The smallest absolute Gasteiger partial charge is 0.0507 e. The molecule has 0 bridgehead atoms. The molecule has 0 saturated carbocycles.